The van der Waals surface area contributed by atoms with Gasteiger partial charge in [0.15, 0.2) is 0 Å². The maximum absolute atomic E-state index is 5.47. The maximum atomic E-state index is 5.47. The van der Waals surface area contributed by atoms with Gasteiger partial charge in [-0.05, 0) is 6.42 Å². The van der Waals surface area contributed by atoms with Crippen LogP contribution >= 0.6 is 0 Å². The molecule has 1 aromatic carbocycles. The minimum Gasteiger partial charge on any atom is -0.497 e. The molecule has 1 aliphatic rings. The van der Waals surface area contributed by atoms with Gasteiger partial charge in [0, 0.05) is 30.4 Å². The average Bonchev–Trinajstić information content (AvgIpc) is 2.45. The van der Waals surface area contributed by atoms with E-state index >= 15 is 0 Å². The van der Waals surface area contributed by atoms with Gasteiger partial charge in [0.2, 0.25) is 0 Å². The summed E-state index contributed by atoms with van der Waals surface area (Å²) >= 11 is 0. The number of methoxy groups -OCH3 is 2. The molecule has 1 aliphatic heterocycles. The second-order valence-electron chi connectivity index (χ2n) is 4.09. The molecule has 0 spiro atoms. The summed E-state index contributed by atoms with van der Waals surface area (Å²) in [5, 5.41) is 3.32. The van der Waals surface area contributed by atoms with Crippen LogP contribution in [-0.4, -0.2) is 40.3 Å². The van der Waals surface area contributed by atoms with E-state index in [2.05, 4.69) is 5.32 Å². The van der Waals surface area contributed by atoms with Crippen LogP contribution in [-0.2, 0) is 9.47 Å². The molecule has 5 heteroatoms. The molecule has 1 unspecified atom stereocenters. The molecule has 18 heavy (non-hydrogen) atoms. The molecule has 0 radical (unpaired) electrons. The molecular weight excluding hydrogens is 234 g/mol. The third kappa shape index (κ3) is 3.51. The van der Waals surface area contributed by atoms with Gasteiger partial charge >= 0.3 is 0 Å². The Morgan fingerprint density at radius 2 is 1.94 bits per heavy atom. The van der Waals surface area contributed by atoms with E-state index in [-0.39, 0.29) is 6.10 Å². The molecule has 0 aromatic heterocycles. The monoisotopic (exact) mass is 253 g/mol. The molecule has 1 heterocycles. The highest BCUT2D eigenvalue weighted by Crippen LogP contribution is 2.25. The minimum atomic E-state index is 0.191. The predicted molar refractivity (Wildman–Crippen MR) is 68.3 cm³/mol. The summed E-state index contributed by atoms with van der Waals surface area (Å²) in [6, 6.07) is 5.71. The fourth-order valence-corrected chi connectivity index (χ4v) is 1.80. The summed E-state index contributed by atoms with van der Waals surface area (Å²) in [4.78, 5) is 0. The molecule has 1 N–H and O–H groups in total. The third-order valence-corrected chi connectivity index (χ3v) is 2.86. The first-order chi connectivity index (χ1) is 8.81. The van der Waals surface area contributed by atoms with Crippen LogP contribution < -0.4 is 14.8 Å². The molecule has 1 fully saturated rings. The molecule has 2 rings (SSSR count). The highest BCUT2D eigenvalue weighted by molar-refractivity contribution is 5.53. The van der Waals surface area contributed by atoms with Crippen molar-refractivity contribution < 1.29 is 18.9 Å². The van der Waals surface area contributed by atoms with E-state index in [1.54, 1.807) is 14.2 Å². The molecule has 5 nitrogen and oxygen atoms in total. The van der Waals surface area contributed by atoms with Crippen molar-refractivity contribution in [2.75, 3.05) is 39.5 Å². The average molecular weight is 253 g/mol. The third-order valence-electron chi connectivity index (χ3n) is 2.86. The lowest BCUT2D eigenvalue weighted by atomic mass is 10.2. The van der Waals surface area contributed by atoms with Crippen LogP contribution in [0.2, 0.25) is 0 Å². The summed E-state index contributed by atoms with van der Waals surface area (Å²) in [7, 11) is 3.28. The van der Waals surface area contributed by atoms with E-state index in [1.165, 1.54) is 0 Å². The van der Waals surface area contributed by atoms with Gasteiger partial charge in [-0.25, -0.2) is 0 Å². The quantitative estimate of drug-likeness (QED) is 0.868. The van der Waals surface area contributed by atoms with E-state index in [4.69, 9.17) is 18.9 Å². The summed E-state index contributed by atoms with van der Waals surface area (Å²) in [6.45, 7) is 1.89. The Hall–Kier alpha value is -1.46. The van der Waals surface area contributed by atoms with E-state index < -0.39 is 0 Å². The highest BCUT2D eigenvalue weighted by Gasteiger charge is 2.13. The van der Waals surface area contributed by atoms with Crippen LogP contribution in [0.15, 0.2) is 18.2 Å². The zero-order valence-electron chi connectivity index (χ0n) is 10.8. The number of hydrogen-bond donors (Lipinski definition) is 1. The van der Waals surface area contributed by atoms with Gasteiger partial charge in [-0.3, -0.25) is 0 Å². The maximum Gasteiger partial charge on any atom is 0.147 e. The Morgan fingerprint density at radius 1 is 1.22 bits per heavy atom. The van der Waals surface area contributed by atoms with Crippen LogP contribution in [0, 0.1) is 0 Å². The Morgan fingerprint density at radius 3 is 2.50 bits per heavy atom. The minimum absolute atomic E-state index is 0.191. The number of anilines is 1. The molecule has 0 bridgehead atoms. The first-order valence-electron chi connectivity index (χ1n) is 5.98. The van der Waals surface area contributed by atoms with E-state index in [1.807, 2.05) is 18.2 Å². The second kappa shape index (κ2) is 6.47. The number of hydrogen-bond acceptors (Lipinski definition) is 5. The Kier molecular flexibility index (Phi) is 4.66. The van der Waals surface area contributed by atoms with Gasteiger partial charge < -0.3 is 24.3 Å². The lowest BCUT2D eigenvalue weighted by molar-refractivity contribution is -0.133. The summed E-state index contributed by atoms with van der Waals surface area (Å²) in [5.74, 6) is 1.54. The van der Waals surface area contributed by atoms with Gasteiger partial charge in [-0.15, -0.1) is 0 Å². The van der Waals surface area contributed by atoms with Gasteiger partial charge in [0.1, 0.15) is 18.3 Å². The normalized spacial score (nSPS) is 19.3. The summed E-state index contributed by atoms with van der Waals surface area (Å²) in [6.07, 6.45) is 1.10. The molecule has 0 aliphatic carbocycles. The van der Waals surface area contributed by atoms with Gasteiger partial charge in [-0.2, -0.15) is 0 Å². The van der Waals surface area contributed by atoms with Crippen LogP contribution in [0.25, 0.3) is 0 Å². The number of rotatable bonds is 5. The van der Waals surface area contributed by atoms with Crippen molar-refractivity contribution >= 4 is 5.69 Å². The Bertz CT molecular complexity index is 355. The molecule has 1 saturated heterocycles. The van der Waals surface area contributed by atoms with Gasteiger partial charge in [0.05, 0.1) is 26.9 Å². The van der Waals surface area contributed by atoms with Gasteiger partial charge in [-0.1, -0.05) is 0 Å². The SMILES string of the molecule is COc1cc(NCC2CCOCO2)cc(OC)c1. The first kappa shape index (κ1) is 13.0. The van der Waals surface area contributed by atoms with Crippen LogP contribution in [0.5, 0.6) is 11.5 Å². The largest absolute Gasteiger partial charge is 0.497 e. The summed E-state index contributed by atoms with van der Waals surface area (Å²) < 4.78 is 21.0. The molecule has 0 amide bonds. The smallest absolute Gasteiger partial charge is 0.147 e. The van der Waals surface area contributed by atoms with E-state index in [0.29, 0.717) is 6.79 Å². The number of benzene rings is 1. The lowest BCUT2D eigenvalue weighted by Gasteiger charge is -2.23. The van der Waals surface area contributed by atoms with Crippen molar-refractivity contribution in [3.05, 3.63) is 18.2 Å². The number of nitrogens with one attached hydrogen (secondary N) is 1. The van der Waals surface area contributed by atoms with Crippen molar-refractivity contribution in [2.24, 2.45) is 0 Å². The second-order valence-corrected chi connectivity index (χ2v) is 4.09. The topological polar surface area (TPSA) is 49.0 Å². The summed E-state index contributed by atoms with van der Waals surface area (Å²) in [5.41, 5.74) is 0.960. The fourth-order valence-electron chi connectivity index (χ4n) is 1.80. The zero-order chi connectivity index (χ0) is 12.8. The van der Waals surface area contributed by atoms with E-state index in [9.17, 15) is 0 Å². The van der Waals surface area contributed by atoms with Crippen molar-refractivity contribution in [3.8, 4) is 11.5 Å². The Labute approximate surface area is 107 Å². The zero-order valence-corrected chi connectivity index (χ0v) is 10.8. The van der Waals surface area contributed by atoms with E-state index in [0.717, 1.165) is 36.8 Å². The van der Waals surface area contributed by atoms with Gasteiger partial charge in [0.25, 0.3) is 0 Å². The number of ether oxygens (including phenoxy) is 4. The standard InChI is InChI=1S/C13H19NO4/c1-15-12-5-10(6-13(7-12)16-2)14-8-11-3-4-17-9-18-11/h5-7,11,14H,3-4,8-9H2,1-2H3. The molecule has 0 saturated carbocycles. The predicted octanol–water partition coefficient (Wildman–Crippen LogP) is 1.88. The first-order valence-corrected chi connectivity index (χ1v) is 5.98. The van der Waals surface area contributed by atoms with Crippen LogP contribution in [0.1, 0.15) is 6.42 Å². The Balaban J connectivity index is 1.94. The van der Waals surface area contributed by atoms with Crippen molar-refractivity contribution in [2.45, 2.75) is 12.5 Å². The van der Waals surface area contributed by atoms with Crippen molar-refractivity contribution in [1.29, 1.82) is 0 Å². The van der Waals surface area contributed by atoms with Crippen LogP contribution in [0.3, 0.4) is 0 Å². The lowest BCUT2D eigenvalue weighted by Crippen LogP contribution is -2.30. The van der Waals surface area contributed by atoms with Crippen molar-refractivity contribution in [3.63, 3.8) is 0 Å². The van der Waals surface area contributed by atoms with Crippen LogP contribution in [0.4, 0.5) is 5.69 Å². The molecule has 100 valence electrons. The molecular formula is C13H19NO4. The highest BCUT2D eigenvalue weighted by atomic mass is 16.7. The molecule has 1 atom stereocenters. The molecule has 1 aromatic rings. The fraction of sp³-hybridized carbons (Fsp3) is 0.538. The van der Waals surface area contributed by atoms with Crippen molar-refractivity contribution in [1.82, 2.24) is 0 Å².